The maximum atomic E-state index is 12.8. The Morgan fingerprint density at radius 2 is 1.85 bits per heavy atom. The molecule has 1 aliphatic heterocycles. The number of hydrogen-bond donors (Lipinski definition) is 1. The van der Waals surface area contributed by atoms with E-state index in [2.05, 4.69) is 5.32 Å². The van der Waals surface area contributed by atoms with E-state index in [-0.39, 0.29) is 23.3 Å². The van der Waals surface area contributed by atoms with E-state index in [0.717, 1.165) is 5.75 Å². The molecule has 0 spiro atoms. The third-order valence-corrected chi connectivity index (χ3v) is 6.45. The van der Waals surface area contributed by atoms with E-state index in [1.54, 1.807) is 54.6 Å². The monoisotopic (exact) mass is 388 g/mol. The van der Waals surface area contributed by atoms with Gasteiger partial charge in [-0.25, -0.2) is 8.42 Å². The number of nitrogens with zero attached hydrogens (tertiary/aromatic N) is 1. The lowest BCUT2D eigenvalue weighted by Crippen LogP contribution is -2.43. The van der Waals surface area contributed by atoms with E-state index < -0.39 is 10.0 Å². The average Bonchev–Trinajstić information content (AvgIpc) is 2.70. The Bertz CT molecular complexity index is 867. The van der Waals surface area contributed by atoms with Crippen molar-refractivity contribution in [2.24, 2.45) is 5.92 Å². The number of carbonyl (C=O) groups is 1. The van der Waals surface area contributed by atoms with Crippen LogP contribution in [0.3, 0.4) is 0 Å². The smallest absolute Gasteiger partial charge is 0.243 e. The summed E-state index contributed by atoms with van der Waals surface area (Å²) in [7, 11) is -3.58. The largest absolute Gasteiger partial charge is 0.494 e. The number of nitrogens with one attached hydrogen (secondary N) is 1. The van der Waals surface area contributed by atoms with Crippen LogP contribution in [-0.2, 0) is 14.8 Å². The zero-order valence-corrected chi connectivity index (χ0v) is 16.1. The van der Waals surface area contributed by atoms with E-state index in [0.29, 0.717) is 31.7 Å². The van der Waals surface area contributed by atoms with Crippen molar-refractivity contribution in [2.45, 2.75) is 24.7 Å². The number of hydrogen-bond acceptors (Lipinski definition) is 4. The van der Waals surface area contributed by atoms with Crippen LogP contribution in [0.2, 0.25) is 0 Å². The SMILES string of the molecule is CCOc1ccc(NC(=O)C2CCCN(S(=O)(=O)c3ccccc3)C2)cc1. The van der Waals surface area contributed by atoms with Gasteiger partial charge < -0.3 is 10.1 Å². The van der Waals surface area contributed by atoms with Crippen LogP contribution in [0.15, 0.2) is 59.5 Å². The van der Waals surface area contributed by atoms with Gasteiger partial charge in [-0.3, -0.25) is 4.79 Å². The number of rotatable bonds is 6. The Labute approximate surface area is 160 Å². The van der Waals surface area contributed by atoms with E-state index in [9.17, 15) is 13.2 Å². The minimum Gasteiger partial charge on any atom is -0.494 e. The van der Waals surface area contributed by atoms with Crippen molar-refractivity contribution >= 4 is 21.6 Å². The summed E-state index contributed by atoms with van der Waals surface area (Å²) in [6.07, 6.45) is 1.33. The lowest BCUT2D eigenvalue weighted by molar-refractivity contribution is -0.120. The minimum absolute atomic E-state index is 0.160. The fraction of sp³-hybridized carbons (Fsp3) is 0.350. The summed E-state index contributed by atoms with van der Waals surface area (Å²) >= 11 is 0. The molecule has 7 heteroatoms. The van der Waals surface area contributed by atoms with Crippen LogP contribution in [0, 0.1) is 5.92 Å². The van der Waals surface area contributed by atoms with Crippen molar-refractivity contribution < 1.29 is 17.9 Å². The average molecular weight is 388 g/mol. The van der Waals surface area contributed by atoms with Crippen molar-refractivity contribution in [3.05, 3.63) is 54.6 Å². The quantitative estimate of drug-likeness (QED) is 0.825. The third-order valence-electron chi connectivity index (χ3n) is 4.57. The highest BCUT2D eigenvalue weighted by atomic mass is 32.2. The number of ether oxygens (including phenoxy) is 1. The molecule has 1 N–H and O–H groups in total. The topological polar surface area (TPSA) is 75.7 Å². The van der Waals surface area contributed by atoms with Crippen LogP contribution in [0.4, 0.5) is 5.69 Å². The highest BCUT2D eigenvalue weighted by Crippen LogP contribution is 2.25. The van der Waals surface area contributed by atoms with Gasteiger partial charge in [0.2, 0.25) is 15.9 Å². The van der Waals surface area contributed by atoms with Crippen molar-refractivity contribution in [1.82, 2.24) is 4.31 Å². The predicted molar refractivity (Wildman–Crippen MR) is 104 cm³/mol. The number of benzene rings is 2. The molecule has 0 bridgehead atoms. The van der Waals surface area contributed by atoms with Crippen molar-refractivity contribution in [2.75, 3.05) is 25.0 Å². The van der Waals surface area contributed by atoms with E-state index in [1.807, 2.05) is 6.92 Å². The Kier molecular flexibility index (Phi) is 6.13. The molecule has 27 heavy (non-hydrogen) atoms. The fourth-order valence-electron chi connectivity index (χ4n) is 3.16. The Hall–Kier alpha value is -2.38. The fourth-order valence-corrected chi connectivity index (χ4v) is 4.71. The summed E-state index contributed by atoms with van der Waals surface area (Å²) in [5.41, 5.74) is 0.673. The van der Waals surface area contributed by atoms with Gasteiger partial charge in [0.15, 0.2) is 0 Å². The molecule has 2 aromatic carbocycles. The molecule has 1 aliphatic rings. The maximum Gasteiger partial charge on any atom is 0.243 e. The second kappa shape index (κ2) is 8.54. The molecule has 1 atom stereocenters. The van der Waals surface area contributed by atoms with Crippen LogP contribution >= 0.6 is 0 Å². The Morgan fingerprint density at radius 1 is 1.15 bits per heavy atom. The maximum absolute atomic E-state index is 12.8. The molecule has 0 radical (unpaired) electrons. The molecule has 3 rings (SSSR count). The van der Waals surface area contributed by atoms with Crippen LogP contribution in [-0.4, -0.2) is 38.3 Å². The molecule has 1 saturated heterocycles. The summed E-state index contributed by atoms with van der Waals surface area (Å²) in [4.78, 5) is 12.9. The molecule has 144 valence electrons. The molecular formula is C20H24N2O4S. The van der Waals surface area contributed by atoms with Crippen LogP contribution < -0.4 is 10.1 Å². The van der Waals surface area contributed by atoms with Gasteiger partial charge in [0.25, 0.3) is 0 Å². The highest BCUT2D eigenvalue weighted by Gasteiger charge is 2.33. The molecule has 1 fully saturated rings. The molecular weight excluding hydrogens is 364 g/mol. The molecule has 0 saturated carbocycles. The summed E-state index contributed by atoms with van der Waals surface area (Å²) in [5, 5.41) is 2.88. The van der Waals surface area contributed by atoms with Crippen LogP contribution in [0.1, 0.15) is 19.8 Å². The molecule has 1 heterocycles. The van der Waals surface area contributed by atoms with Crippen molar-refractivity contribution in [3.8, 4) is 5.75 Å². The van der Waals surface area contributed by atoms with Gasteiger partial charge in [-0.1, -0.05) is 18.2 Å². The highest BCUT2D eigenvalue weighted by molar-refractivity contribution is 7.89. The first-order valence-electron chi connectivity index (χ1n) is 9.09. The summed E-state index contributed by atoms with van der Waals surface area (Å²) < 4.78 is 32.4. The Morgan fingerprint density at radius 3 is 2.52 bits per heavy atom. The molecule has 0 aromatic heterocycles. The first-order valence-corrected chi connectivity index (χ1v) is 10.5. The van der Waals surface area contributed by atoms with Gasteiger partial charge in [0.05, 0.1) is 17.4 Å². The first-order chi connectivity index (χ1) is 13.0. The van der Waals surface area contributed by atoms with Crippen molar-refractivity contribution in [1.29, 1.82) is 0 Å². The standard InChI is InChI=1S/C20H24N2O4S/c1-2-26-18-12-10-17(11-13-18)21-20(23)16-7-6-14-22(15-16)27(24,25)19-8-4-3-5-9-19/h3-5,8-13,16H,2,6-7,14-15H2,1H3,(H,21,23). The van der Waals surface area contributed by atoms with Gasteiger partial charge in [-0.15, -0.1) is 0 Å². The second-order valence-corrected chi connectivity index (χ2v) is 8.40. The summed E-state index contributed by atoms with van der Waals surface area (Å²) in [6.45, 7) is 3.12. The molecule has 0 aliphatic carbocycles. The zero-order chi connectivity index (χ0) is 19.3. The van der Waals surface area contributed by atoms with Crippen LogP contribution in [0.5, 0.6) is 5.75 Å². The van der Waals surface area contributed by atoms with Gasteiger partial charge in [-0.05, 0) is 56.2 Å². The van der Waals surface area contributed by atoms with E-state index in [4.69, 9.17) is 4.74 Å². The molecule has 6 nitrogen and oxygen atoms in total. The number of sulfonamides is 1. The van der Waals surface area contributed by atoms with Gasteiger partial charge in [0.1, 0.15) is 5.75 Å². The Balaban J connectivity index is 1.66. The molecule has 2 aromatic rings. The lowest BCUT2D eigenvalue weighted by atomic mass is 9.99. The summed E-state index contributed by atoms with van der Waals surface area (Å²) in [5.74, 6) is 0.212. The number of amides is 1. The van der Waals surface area contributed by atoms with Crippen molar-refractivity contribution in [3.63, 3.8) is 0 Å². The lowest BCUT2D eigenvalue weighted by Gasteiger charge is -2.31. The van der Waals surface area contributed by atoms with Gasteiger partial charge in [0, 0.05) is 18.8 Å². The second-order valence-electron chi connectivity index (χ2n) is 6.46. The number of anilines is 1. The van der Waals surface area contributed by atoms with Crippen LogP contribution in [0.25, 0.3) is 0 Å². The van der Waals surface area contributed by atoms with Gasteiger partial charge >= 0.3 is 0 Å². The third kappa shape index (κ3) is 4.67. The first kappa shape index (κ1) is 19.4. The molecule has 1 amide bonds. The minimum atomic E-state index is -3.58. The predicted octanol–water partition coefficient (Wildman–Crippen LogP) is 3.12. The zero-order valence-electron chi connectivity index (χ0n) is 15.3. The normalized spacial score (nSPS) is 18.0. The van der Waals surface area contributed by atoms with E-state index >= 15 is 0 Å². The number of piperidine rings is 1. The molecule has 1 unspecified atom stereocenters. The van der Waals surface area contributed by atoms with Gasteiger partial charge in [-0.2, -0.15) is 4.31 Å². The summed E-state index contributed by atoms with van der Waals surface area (Å²) in [6, 6.07) is 15.5. The number of carbonyl (C=O) groups excluding carboxylic acids is 1. The van der Waals surface area contributed by atoms with E-state index in [1.165, 1.54) is 4.31 Å².